The average Bonchev–Trinajstić information content (AvgIpc) is 2.89. The van der Waals surface area contributed by atoms with Crippen LogP contribution in [0.2, 0.25) is 0 Å². The van der Waals surface area contributed by atoms with Gasteiger partial charge in [-0.05, 0) is 17.3 Å². The fraction of sp³-hybridized carbons (Fsp3) is 0.200. The third-order valence-electron chi connectivity index (χ3n) is 2.02. The largest absolute Gasteiger partial charge is 0.493 e. The van der Waals surface area contributed by atoms with E-state index in [-0.39, 0.29) is 18.5 Å². The molecule has 0 atom stereocenters. The number of hydrogen-bond acceptors (Lipinski definition) is 6. The first-order chi connectivity index (χ1) is 8.79. The average molecular weight is 249 g/mol. The van der Waals surface area contributed by atoms with Gasteiger partial charge in [0.1, 0.15) is 0 Å². The maximum atomic E-state index is 11.5. The predicted octanol–water partition coefficient (Wildman–Crippen LogP) is 0.226. The van der Waals surface area contributed by atoms with Gasteiger partial charge in [0.15, 0.2) is 18.1 Å². The van der Waals surface area contributed by atoms with Crippen molar-refractivity contribution in [3.05, 3.63) is 24.3 Å². The topological polar surface area (TPSA) is 102 Å². The zero-order valence-electron chi connectivity index (χ0n) is 9.58. The molecule has 2 rings (SSSR count). The zero-order chi connectivity index (χ0) is 12.8. The molecule has 8 heteroatoms. The van der Waals surface area contributed by atoms with Gasteiger partial charge in [0.25, 0.3) is 11.9 Å². The summed E-state index contributed by atoms with van der Waals surface area (Å²) >= 11 is 0. The second-order valence-corrected chi connectivity index (χ2v) is 3.22. The third kappa shape index (κ3) is 2.94. The molecule has 0 aliphatic carbocycles. The van der Waals surface area contributed by atoms with E-state index in [2.05, 4.69) is 25.9 Å². The molecule has 0 aliphatic rings. The van der Waals surface area contributed by atoms with Crippen molar-refractivity contribution < 1.29 is 14.3 Å². The van der Waals surface area contributed by atoms with E-state index < -0.39 is 0 Å². The van der Waals surface area contributed by atoms with Crippen LogP contribution in [0.3, 0.4) is 0 Å². The van der Waals surface area contributed by atoms with Gasteiger partial charge in [0, 0.05) is 0 Å². The first kappa shape index (κ1) is 11.8. The molecular weight excluding hydrogens is 238 g/mol. The van der Waals surface area contributed by atoms with E-state index >= 15 is 0 Å². The van der Waals surface area contributed by atoms with Gasteiger partial charge >= 0.3 is 0 Å². The Labute approximate surface area is 102 Å². The lowest BCUT2D eigenvalue weighted by Gasteiger charge is -2.09. The van der Waals surface area contributed by atoms with Crippen molar-refractivity contribution in [2.75, 3.05) is 19.0 Å². The predicted molar refractivity (Wildman–Crippen MR) is 61.3 cm³/mol. The van der Waals surface area contributed by atoms with Crippen molar-refractivity contribution in [3.63, 3.8) is 0 Å². The molecule has 1 aromatic heterocycles. The number of para-hydroxylation sites is 2. The Morgan fingerprint density at radius 2 is 2.17 bits per heavy atom. The molecule has 1 amide bonds. The minimum atomic E-state index is -0.387. The molecule has 0 spiro atoms. The number of aromatic nitrogens is 4. The van der Waals surface area contributed by atoms with E-state index in [1.54, 1.807) is 18.2 Å². The number of rotatable bonds is 5. The van der Waals surface area contributed by atoms with Crippen molar-refractivity contribution in [2.24, 2.45) is 0 Å². The van der Waals surface area contributed by atoms with Crippen molar-refractivity contribution in [3.8, 4) is 11.5 Å². The lowest BCUT2D eigenvalue weighted by Crippen LogP contribution is -2.21. The Morgan fingerprint density at radius 3 is 2.83 bits per heavy atom. The Bertz CT molecular complexity index is 514. The summed E-state index contributed by atoms with van der Waals surface area (Å²) in [6, 6.07) is 7.05. The van der Waals surface area contributed by atoms with E-state index in [4.69, 9.17) is 9.47 Å². The lowest BCUT2D eigenvalue weighted by atomic mass is 10.3. The quantitative estimate of drug-likeness (QED) is 0.786. The van der Waals surface area contributed by atoms with E-state index in [0.29, 0.717) is 11.5 Å². The number of methoxy groups -OCH3 is 1. The summed E-state index contributed by atoms with van der Waals surface area (Å²) < 4.78 is 10.4. The normalized spacial score (nSPS) is 9.83. The van der Waals surface area contributed by atoms with E-state index in [0.717, 1.165) is 0 Å². The first-order valence-electron chi connectivity index (χ1n) is 5.08. The Kier molecular flexibility index (Phi) is 3.69. The van der Waals surface area contributed by atoms with Crippen molar-refractivity contribution in [1.29, 1.82) is 0 Å². The molecule has 1 aromatic carbocycles. The molecule has 0 radical (unpaired) electrons. The summed E-state index contributed by atoms with van der Waals surface area (Å²) in [6.45, 7) is -0.172. The van der Waals surface area contributed by atoms with Gasteiger partial charge in [-0.25, -0.2) is 0 Å². The SMILES string of the molecule is COc1ccccc1OCC(=O)Nc1nn[nH]n1. The number of aromatic amines is 1. The van der Waals surface area contributed by atoms with Crippen LogP contribution in [-0.2, 0) is 4.79 Å². The molecule has 0 saturated heterocycles. The van der Waals surface area contributed by atoms with Crippen LogP contribution in [0.5, 0.6) is 11.5 Å². The molecule has 18 heavy (non-hydrogen) atoms. The maximum absolute atomic E-state index is 11.5. The van der Waals surface area contributed by atoms with Gasteiger partial charge in [-0.2, -0.15) is 5.21 Å². The number of anilines is 1. The van der Waals surface area contributed by atoms with Crippen LogP contribution in [0.1, 0.15) is 0 Å². The second-order valence-electron chi connectivity index (χ2n) is 3.22. The number of carbonyl (C=O) groups is 1. The molecule has 0 saturated carbocycles. The minimum absolute atomic E-state index is 0.101. The van der Waals surface area contributed by atoms with Crippen molar-refractivity contribution in [1.82, 2.24) is 20.6 Å². The van der Waals surface area contributed by atoms with E-state index in [9.17, 15) is 4.79 Å². The van der Waals surface area contributed by atoms with Gasteiger partial charge in [-0.1, -0.05) is 17.2 Å². The summed E-state index contributed by atoms with van der Waals surface area (Å²) in [6.07, 6.45) is 0. The number of tetrazole rings is 1. The number of ether oxygens (including phenoxy) is 2. The van der Waals surface area contributed by atoms with Gasteiger partial charge < -0.3 is 9.47 Å². The van der Waals surface area contributed by atoms with Gasteiger partial charge in [-0.3, -0.25) is 10.1 Å². The first-order valence-corrected chi connectivity index (χ1v) is 5.08. The summed E-state index contributed by atoms with van der Waals surface area (Å²) in [5, 5.41) is 15.1. The van der Waals surface area contributed by atoms with Crippen LogP contribution in [-0.4, -0.2) is 40.2 Å². The number of amides is 1. The summed E-state index contributed by atoms with van der Waals surface area (Å²) in [5.41, 5.74) is 0. The third-order valence-corrected chi connectivity index (χ3v) is 2.02. The van der Waals surface area contributed by atoms with Crippen molar-refractivity contribution >= 4 is 11.9 Å². The highest BCUT2D eigenvalue weighted by Crippen LogP contribution is 2.25. The number of nitrogens with one attached hydrogen (secondary N) is 2. The highest BCUT2D eigenvalue weighted by molar-refractivity contribution is 5.90. The van der Waals surface area contributed by atoms with Crippen LogP contribution >= 0.6 is 0 Å². The number of hydrogen-bond donors (Lipinski definition) is 2. The molecule has 0 fully saturated rings. The fourth-order valence-electron chi connectivity index (χ4n) is 1.26. The lowest BCUT2D eigenvalue weighted by molar-refractivity contribution is -0.118. The van der Waals surface area contributed by atoms with Gasteiger partial charge in [0.2, 0.25) is 0 Å². The fourth-order valence-corrected chi connectivity index (χ4v) is 1.26. The zero-order valence-corrected chi connectivity index (χ0v) is 9.58. The maximum Gasteiger partial charge on any atom is 0.269 e. The highest BCUT2D eigenvalue weighted by atomic mass is 16.5. The number of carbonyl (C=O) groups excluding carboxylic acids is 1. The van der Waals surface area contributed by atoms with Crippen LogP contribution < -0.4 is 14.8 Å². The van der Waals surface area contributed by atoms with Gasteiger partial charge in [-0.15, -0.1) is 5.10 Å². The molecule has 0 aliphatic heterocycles. The Morgan fingerprint density at radius 1 is 1.39 bits per heavy atom. The number of benzene rings is 1. The molecule has 0 bridgehead atoms. The second kappa shape index (κ2) is 5.62. The van der Waals surface area contributed by atoms with Crippen LogP contribution in [0.15, 0.2) is 24.3 Å². The number of H-pyrrole nitrogens is 1. The number of nitrogens with zero attached hydrogens (tertiary/aromatic N) is 3. The summed E-state index contributed by atoms with van der Waals surface area (Å²) in [4.78, 5) is 11.5. The molecule has 2 aromatic rings. The van der Waals surface area contributed by atoms with Crippen LogP contribution in [0, 0.1) is 0 Å². The molecular formula is C10H11N5O3. The summed E-state index contributed by atoms with van der Waals surface area (Å²) in [7, 11) is 1.53. The molecule has 0 unspecified atom stereocenters. The molecule has 1 heterocycles. The Balaban J connectivity index is 1.89. The van der Waals surface area contributed by atoms with Crippen LogP contribution in [0.25, 0.3) is 0 Å². The smallest absolute Gasteiger partial charge is 0.269 e. The van der Waals surface area contributed by atoms with E-state index in [1.807, 2.05) is 6.07 Å². The molecule has 8 nitrogen and oxygen atoms in total. The van der Waals surface area contributed by atoms with Gasteiger partial charge in [0.05, 0.1) is 7.11 Å². The highest BCUT2D eigenvalue weighted by Gasteiger charge is 2.08. The monoisotopic (exact) mass is 249 g/mol. The Hall–Kier alpha value is -2.64. The summed E-state index contributed by atoms with van der Waals surface area (Å²) in [5.74, 6) is 0.763. The molecule has 2 N–H and O–H groups in total. The molecule has 94 valence electrons. The van der Waals surface area contributed by atoms with Crippen LogP contribution in [0.4, 0.5) is 5.95 Å². The minimum Gasteiger partial charge on any atom is -0.493 e. The van der Waals surface area contributed by atoms with E-state index in [1.165, 1.54) is 7.11 Å². The van der Waals surface area contributed by atoms with Crippen molar-refractivity contribution in [2.45, 2.75) is 0 Å². The standard InChI is InChI=1S/C10H11N5O3/c1-17-7-4-2-3-5-8(7)18-6-9(16)11-10-12-14-15-13-10/h2-5H,6H2,1H3,(H2,11,12,13,14,15,16).